The van der Waals surface area contributed by atoms with Gasteiger partial charge < -0.3 is 14.4 Å². The monoisotopic (exact) mass is 385 g/mol. The molecule has 7 nitrogen and oxygen atoms in total. The Bertz CT molecular complexity index is 985. The maximum Gasteiger partial charge on any atom is 0.495 e. The molecule has 0 bridgehead atoms. The molecule has 1 N–H and O–H groups in total. The van der Waals surface area contributed by atoms with Crippen molar-refractivity contribution in [3.63, 3.8) is 0 Å². The first-order valence-corrected chi connectivity index (χ1v) is 9.96. The molecule has 4 rings (SSSR count). The fourth-order valence-electron chi connectivity index (χ4n) is 4.12. The van der Waals surface area contributed by atoms with E-state index in [0.717, 1.165) is 29.4 Å². The van der Waals surface area contributed by atoms with Crippen molar-refractivity contribution in [2.75, 3.05) is 0 Å². The zero-order valence-corrected chi connectivity index (χ0v) is 17.4. The summed E-state index contributed by atoms with van der Waals surface area (Å²) in [6, 6.07) is 1.51. The molecule has 2 atom stereocenters. The van der Waals surface area contributed by atoms with E-state index in [-0.39, 0.29) is 11.6 Å². The van der Waals surface area contributed by atoms with Crippen LogP contribution in [-0.2, 0) is 9.31 Å². The molecule has 150 valence electrons. The summed E-state index contributed by atoms with van der Waals surface area (Å²) in [6.45, 7) is 12.0. The summed E-state index contributed by atoms with van der Waals surface area (Å²) < 4.78 is 13.8. The number of aryl methyl sites for hydroxylation is 1. The van der Waals surface area contributed by atoms with Crippen LogP contribution in [0.4, 0.5) is 0 Å². The Morgan fingerprint density at radius 3 is 2.36 bits per heavy atom. The van der Waals surface area contributed by atoms with Crippen molar-refractivity contribution in [2.45, 2.75) is 84.2 Å². The van der Waals surface area contributed by atoms with Gasteiger partial charge in [0.2, 0.25) is 0 Å². The van der Waals surface area contributed by atoms with E-state index >= 15 is 0 Å². The molecule has 8 heteroatoms. The third kappa shape index (κ3) is 2.81. The molecule has 2 fully saturated rings. The summed E-state index contributed by atoms with van der Waals surface area (Å²) in [6.07, 6.45) is 1.74. The van der Waals surface area contributed by atoms with Crippen LogP contribution in [0.1, 0.15) is 64.1 Å². The molecule has 1 saturated carbocycles. The zero-order valence-electron chi connectivity index (χ0n) is 17.4. The fourth-order valence-corrected chi connectivity index (χ4v) is 4.12. The maximum atomic E-state index is 13.2. The van der Waals surface area contributed by atoms with Gasteiger partial charge in [0.25, 0.3) is 5.56 Å². The molecule has 2 unspecified atom stereocenters. The van der Waals surface area contributed by atoms with Gasteiger partial charge in [-0.2, -0.15) is 0 Å². The minimum atomic E-state index is -0.557. The molecule has 2 aliphatic rings. The second-order valence-corrected chi connectivity index (χ2v) is 9.10. The molecule has 2 aromatic rings. The number of fused-ring (bicyclic) bond motifs is 1. The average Bonchev–Trinajstić information content (AvgIpc) is 3.11. The molecular weight excluding hydrogens is 357 g/mol. The largest absolute Gasteiger partial charge is 0.495 e. The molecule has 2 heterocycles. The van der Waals surface area contributed by atoms with E-state index in [2.05, 4.69) is 10.3 Å². The van der Waals surface area contributed by atoms with Gasteiger partial charge in [0.1, 0.15) is 5.52 Å². The Kier molecular flexibility index (Phi) is 4.45. The third-order valence-electron chi connectivity index (χ3n) is 6.85. The van der Waals surface area contributed by atoms with Crippen molar-refractivity contribution in [3.8, 4) is 0 Å². The van der Waals surface area contributed by atoms with Gasteiger partial charge in [-0.05, 0) is 83.5 Å². The first-order chi connectivity index (χ1) is 13.0. The van der Waals surface area contributed by atoms with Crippen molar-refractivity contribution in [1.82, 2.24) is 15.0 Å². The summed E-state index contributed by atoms with van der Waals surface area (Å²) in [5, 5.41) is 19.2. The van der Waals surface area contributed by atoms with Gasteiger partial charge in [-0.1, -0.05) is 5.21 Å². The van der Waals surface area contributed by atoms with Crippen LogP contribution in [-0.4, -0.2) is 44.5 Å². The molecule has 1 aliphatic heterocycles. The molecule has 1 aromatic heterocycles. The van der Waals surface area contributed by atoms with E-state index in [9.17, 15) is 9.90 Å². The van der Waals surface area contributed by atoms with E-state index in [1.54, 1.807) is 0 Å². The van der Waals surface area contributed by atoms with E-state index in [0.29, 0.717) is 17.3 Å². The van der Waals surface area contributed by atoms with Gasteiger partial charge in [-0.25, -0.2) is 4.68 Å². The Morgan fingerprint density at radius 2 is 1.79 bits per heavy atom. The highest BCUT2D eigenvalue weighted by Crippen LogP contribution is 2.37. The predicted molar refractivity (Wildman–Crippen MR) is 108 cm³/mol. The Morgan fingerprint density at radius 1 is 1.14 bits per heavy atom. The highest BCUT2D eigenvalue weighted by Gasteiger charge is 2.52. The van der Waals surface area contributed by atoms with Crippen molar-refractivity contribution in [3.05, 3.63) is 27.5 Å². The normalized spacial score (nSPS) is 26.3. The molecule has 1 aliphatic carbocycles. The van der Waals surface area contributed by atoms with Gasteiger partial charge in [-0.3, -0.25) is 4.79 Å². The number of aliphatic hydroxyl groups excluding tert-OH is 1. The van der Waals surface area contributed by atoms with Crippen LogP contribution in [0.25, 0.3) is 10.9 Å². The number of hydrogen-bond donors (Lipinski definition) is 1. The van der Waals surface area contributed by atoms with E-state index in [4.69, 9.17) is 9.31 Å². The van der Waals surface area contributed by atoms with E-state index < -0.39 is 24.4 Å². The van der Waals surface area contributed by atoms with Gasteiger partial charge in [-0.15, -0.1) is 5.10 Å². The maximum absolute atomic E-state index is 13.2. The summed E-state index contributed by atoms with van der Waals surface area (Å²) in [5.74, 6) is 0. The third-order valence-corrected chi connectivity index (χ3v) is 6.85. The quantitative estimate of drug-likeness (QED) is 0.794. The molecule has 0 spiro atoms. The lowest BCUT2D eigenvalue weighted by Crippen LogP contribution is -2.41. The number of aromatic nitrogens is 3. The van der Waals surface area contributed by atoms with Crippen molar-refractivity contribution in [2.24, 2.45) is 0 Å². The standard InChI is InChI=1S/C20H28BN3O4/c1-11-12(2)17-13(10-14(11)21-27-19(3,4)20(5,6)28-21)18(26)24(23-22-17)15-8-7-9-16(15)25/h10,15-16,25H,7-9H2,1-6H3. The van der Waals surface area contributed by atoms with Crippen LogP contribution >= 0.6 is 0 Å². The Labute approximate surface area is 165 Å². The summed E-state index contributed by atoms with van der Waals surface area (Å²) in [7, 11) is -0.550. The highest BCUT2D eigenvalue weighted by molar-refractivity contribution is 6.63. The molecule has 1 aromatic carbocycles. The molecule has 0 amide bonds. The molecular formula is C20H28BN3O4. The van der Waals surface area contributed by atoms with Crippen LogP contribution in [0.3, 0.4) is 0 Å². The average molecular weight is 385 g/mol. The topological polar surface area (TPSA) is 86.5 Å². The second kappa shape index (κ2) is 6.37. The zero-order chi connectivity index (χ0) is 20.4. The Hall–Kier alpha value is -1.77. The lowest BCUT2D eigenvalue weighted by Gasteiger charge is -2.32. The van der Waals surface area contributed by atoms with Gasteiger partial charge in [0.05, 0.1) is 28.7 Å². The van der Waals surface area contributed by atoms with E-state index in [1.807, 2.05) is 47.6 Å². The second-order valence-electron chi connectivity index (χ2n) is 9.10. The SMILES string of the molecule is Cc1c(B2OC(C)(C)C(C)(C)O2)cc2c(=O)n(C3CCCC3O)nnc2c1C. The summed E-state index contributed by atoms with van der Waals surface area (Å²) in [5.41, 5.74) is 2.16. The van der Waals surface area contributed by atoms with Crippen molar-refractivity contribution in [1.29, 1.82) is 0 Å². The number of hydrogen-bond acceptors (Lipinski definition) is 6. The van der Waals surface area contributed by atoms with E-state index in [1.165, 1.54) is 4.68 Å². The first kappa shape index (κ1) is 19.5. The van der Waals surface area contributed by atoms with Gasteiger partial charge in [0, 0.05) is 0 Å². The number of aliphatic hydroxyl groups is 1. The van der Waals surface area contributed by atoms with Crippen LogP contribution in [0.5, 0.6) is 0 Å². The van der Waals surface area contributed by atoms with Crippen LogP contribution in [0.2, 0.25) is 0 Å². The minimum Gasteiger partial charge on any atom is -0.399 e. The number of rotatable bonds is 2. The first-order valence-electron chi connectivity index (χ1n) is 9.96. The molecule has 0 radical (unpaired) electrons. The Balaban J connectivity index is 1.86. The predicted octanol–water partition coefficient (Wildman–Crippen LogP) is 1.79. The number of nitrogens with zero attached hydrogens (tertiary/aromatic N) is 3. The van der Waals surface area contributed by atoms with Gasteiger partial charge in [0.15, 0.2) is 0 Å². The lowest BCUT2D eigenvalue weighted by molar-refractivity contribution is 0.00578. The van der Waals surface area contributed by atoms with Crippen molar-refractivity contribution >= 4 is 23.5 Å². The van der Waals surface area contributed by atoms with Crippen LogP contribution < -0.4 is 11.0 Å². The summed E-state index contributed by atoms with van der Waals surface area (Å²) in [4.78, 5) is 13.2. The molecule has 1 saturated heterocycles. The minimum absolute atomic E-state index is 0.225. The lowest BCUT2D eigenvalue weighted by atomic mass is 9.74. The highest BCUT2D eigenvalue weighted by atomic mass is 16.7. The van der Waals surface area contributed by atoms with Gasteiger partial charge >= 0.3 is 7.12 Å². The molecule has 28 heavy (non-hydrogen) atoms. The number of benzene rings is 1. The fraction of sp³-hybridized carbons (Fsp3) is 0.650. The van der Waals surface area contributed by atoms with Crippen molar-refractivity contribution < 1.29 is 14.4 Å². The smallest absolute Gasteiger partial charge is 0.399 e. The van der Waals surface area contributed by atoms with Crippen LogP contribution in [0.15, 0.2) is 10.9 Å². The summed E-state index contributed by atoms with van der Waals surface area (Å²) >= 11 is 0. The van der Waals surface area contributed by atoms with Crippen LogP contribution in [0, 0.1) is 13.8 Å².